The molecule has 2 aliphatic heterocycles. The van der Waals surface area contributed by atoms with Gasteiger partial charge in [-0.1, -0.05) is 42.5 Å². The number of amides is 1. The molecular weight excluding hydrogens is 626 g/mol. The quantitative estimate of drug-likeness (QED) is 0.178. The normalized spacial score (nSPS) is 14.7. The molecule has 12 nitrogen and oxygen atoms in total. The highest BCUT2D eigenvalue weighted by molar-refractivity contribution is 5.97. The predicted molar refractivity (Wildman–Crippen MR) is 200 cm³/mol. The molecule has 3 aromatic carbocycles. The minimum absolute atomic E-state index is 0.117. The number of carbonyl (C=O) groups excluding carboxylic acids is 1. The minimum Gasteiger partial charge on any atom is -0.347 e. The van der Waals surface area contributed by atoms with Crippen LogP contribution in [0.1, 0.15) is 27.8 Å². The van der Waals surface area contributed by atoms with Crippen LogP contribution < -0.4 is 20.9 Å². The van der Waals surface area contributed by atoms with E-state index in [1.165, 1.54) is 22.3 Å². The van der Waals surface area contributed by atoms with Crippen molar-refractivity contribution in [2.45, 2.75) is 39.3 Å². The Hall–Kier alpha value is -5.38. The van der Waals surface area contributed by atoms with E-state index < -0.39 is 6.04 Å². The van der Waals surface area contributed by atoms with Gasteiger partial charge in [-0.15, -0.1) is 0 Å². The topological polar surface area (TPSA) is 118 Å². The van der Waals surface area contributed by atoms with Crippen molar-refractivity contribution in [3.63, 3.8) is 0 Å². The van der Waals surface area contributed by atoms with Crippen molar-refractivity contribution in [2.24, 2.45) is 4.99 Å². The monoisotopic (exact) mass is 671 g/mol. The molecule has 0 aliphatic carbocycles. The molecule has 1 saturated heterocycles. The molecule has 1 atom stereocenters. The Morgan fingerprint density at radius 3 is 2.44 bits per heavy atom. The zero-order valence-corrected chi connectivity index (χ0v) is 29.5. The van der Waals surface area contributed by atoms with Crippen LogP contribution in [0.4, 0.5) is 34.9 Å². The van der Waals surface area contributed by atoms with E-state index >= 15 is 0 Å². The first-order valence-electron chi connectivity index (χ1n) is 17.0. The molecule has 0 unspecified atom stereocenters. The summed E-state index contributed by atoms with van der Waals surface area (Å²) < 4.78 is 0. The summed E-state index contributed by atoms with van der Waals surface area (Å²) in [5.41, 5.74) is 9.30. The number of hydrogen-bond donors (Lipinski definition) is 3. The van der Waals surface area contributed by atoms with Gasteiger partial charge in [-0.25, -0.2) is 4.85 Å². The number of aromatic nitrogens is 3. The largest absolute Gasteiger partial charge is 0.347 e. The van der Waals surface area contributed by atoms with Crippen LogP contribution >= 0.6 is 0 Å². The van der Waals surface area contributed by atoms with Crippen molar-refractivity contribution in [1.29, 1.82) is 0 Å². The summed E-state index contributed by atoms with van der Waals surface area (Å²) in [6.45, 7) is 16.9. The van der Waals surface area contributed by atoms with Crippen LogP contribution in [-0.4, -0.2) is 96.3 Å². The number of piperazine rings is 1. The number of nitrogens with one attached hydrogen (secondary N) is 3. The van der Waals surface area contributed by atoms with E-state index in [4.69, 9.17) is 26.5 Å². The van der Waals surface area contributed by atoms with Gasteiger partial charge in [0.25, 0.3) is 0 Å². The number of likely N-dealkylation sites (N-methyl/N-ethyl adjacent to an activating group) is 1. The summed E-state index contributed by atoms with van der Waals surface area (Å²) >= 11 is 0. The van der Waals surface area contributed by atoms with Gasteiger partial charge in [0.05, 0.1) is 18.8 Å². The van der Waals surface area contributed by atoms with E-state index in [9.17, 15) is 4.79 Å². The van der Waals surface area contributed by atoms with Crippen LogP contribution in [0.25, 0.3) is 4.85 Å². The second-order valence-corrected chi connectivity index (χ2v) is 13.3. The highest BCUT2D eigenvalue weighted by Gasteiger charge is 2.24. The molecule has 2 aliphatic rings. The van der Waals surface area contributed by atoms with Crippen molar-refractivity contribution in [3.05, 3.63) is 99.9 Å². The van der Waals surface area contributed by atoms with Gasteiger partial charge in [0.2, 0.25) is 23.8 Å². The Kier molecular flexibility index (Phi) is 10.7. The number of hydrogen-bond acceptors (Lipinski definition) is 10. The van der Waals surface area contributed by atoms with Crippen LogP contribution in [0.15, 0.2) is 65.7 Å². The molecule has 1 fully saturated rings. The van der Waals surface area contributed by atoms with E-state index in [1.807, 2.05) is 36.2 Å². The molecule has 50 heavy (non-hydrogen) atoms. The zero-order valence-electron chi connectivity index (χ0n) is 29.5. The number of rotatable bonds is 12. The summed E-state index contributed by atoms with van der Waals surface area (Å²) in [7, 11) is 5.41. The second kappa shape index (κ2) is 15.4. The van der Waals surface area contributed by atoms with E-state index in [1.54, 1.807) is 31.1 Å². The van der Waals surface area contributed by atoms with Crippen LogP contribution in [0.5, 0.6) is 0 Å². The Morgan fingerprint density at radius 2 is 1.70 bits per heavy atom. The van der Waals surface area contributed by atoms with Crippen molar-refractivity contribution in [2.75, 3.05) is 69.4 Å². The van der Waals surface area contributed by atoms with Crippen LogP contribution in [0.2, 0.25) is 0 Å². The van der Waals surface area contributed by atoms with Gasteiger partial charge in [0.1, 0.15) is 6.04 Å². The second-order valence-electron chi connectivity index (χ2n) is 13.3. The van der Waals surface area contributed by atoms with Crippen molar-refractivity contribution >= 4 is 46.5 Å². The molecule has 258 valence electrons. The molecule has 1 aromatic heterocycles. The minimum atomic E-state index is -0.653. The number of benzene rings is 3. The molecule has 1 amide bonds. The number of nitrogens with zero attached hydrogens (tertiary/aromatic N) is 8. The van der Waals surface area contributed by atoms with Crippen LogP contribution in [0.3, 0.4) is 0 Å². The maximum Gasteiger partial charge on any atom is 0.244 e. The number of fused-ring (bicyclic) bond motifs is 1. The SMILES string of the molecule is [C-]#[N+]c1ccc(C[C@H](Nc2nc(Nc3cccc(CN4CCNCC4)c3)nc(N(C)CC3=Nc4cc(C)c(C)cc4C3)n2)C(=O)N(C)C)cc1. The fourth-order valence-corrected chi connectivity index (χ4v) is 6.24. The van der Waals surface area contributed by atoms with Crippen LogP contribution in [0, 0.1) is 20.4 Å². The molecule has 12 heteroatoms. The summed E-state index contributed by atoms with van der Waals surface area (Å²) in [6.07, 6.45) is 1.16. The maximum absolute atomic E-state index is 13.5. The van der Waals surface area contributed by atoms with Gasteiger partial charge in [0.15, 0.2) is 5.69 Å². The fourth-order valence-electron chi connectivity index (χ4n) is 6.24. The molecule has 0 bridgehead atoms. The Morgan fingerprint density at radius 1 is 0.960 bits per heavy atom. The maximum atomic E-state index is 13.5. The lowest BCUT2D eigenvalue weighted by atomic mass is 10.0. The van der Waals surface area contributed by atoms with Gasteiger partial charge in [0, 0.05) is 78.1 Å². The number of aryl methyl sites for hydroxylation is 2. The molecule has 0 spiro atoms. The van der Waals surface area contributed by atoms with Gasteiger partial charge in [-0.05, 0) is 59.9 Å². The van der Waals surface area contributed by atoms with Gasteiger partial charge >= 0.3 is 0 Å². The smallest absolute Gasteiger partial charge is 0.244 e. The van der Waals surface area contributed by atoms with E-state index in [0.717, 1.165) is 61.8 Å². The molecule has 3 heterocycles. The molecule has 0 radical (unpaired) electrons. The summed E-state index contributed by atoms with van der Waals surface area (Å²) in [4.78, 5) is 42.3. The first-order chi connectivity index (χ1) is 24.1. The summed E-state index contributed by atoms with van der Waals surface area (Å²) in [5.74, 6) is 0.977. The summed E-state index contributed by atoms with van der Waals surface area (Å²) in [6, 6.07) is 19.3. The van der Waals surface area contributed by atoms with E-state index in [2.05, 4.69) is 63.8 Å². The van der Waals surface area contributed by atoms with Crippen molar-refractivity contribution in [1.82, 2.24) is 30.1 Å². The third-order valence-corrected chi connectivity index (χ3v) is 9.10. The highest BCUT2D eigenvalue weighted by atomic mass is 16.2. The Balaban J connectivity index is 1.28. The molecule has 6 rings (SSSR count). The molecule has 0 saturated carbocycles. The Bertz CT molecular complexity index is 1910. The van der Waals surface area contributed by atoms with Gasteiger partial charge < -0.3 is 25.8 Å². The lowest BCUT2D eigenvalue weighted by Gasteiger charge is -2.27. The number of aliphatic imine (C=N–C) groups is 1. The molecule has 4 aromatic rings. The molecular formula is C38H45N11O. The Labute approximate surface area is 294 Å². The fraction of sp³-hybridized carbons (Fsp3) is 0.368. The van der Waals surface area contributed by atoms with Gasteiger partial charge in [-0.3, -0.25) is 14.7 Å². The number of carbonyl (C=O) groups is 1. The average Bonchev–Trinajstić information content (AvgIpc) is 3.49. The molecule has 3 N–H and O–H groups in total. The van der Waals surface area contributed by atoms with Crippen LogP contribution in [-0.2, 0) is 24.2 Å². The predicted octanol–water partition coefficient (Wildman–Crippen LogP) is 5.06. The lowest BCUT2D eigenvalue weighted by Crippen LogP contribution is -2.42. The third kappa shape index (κ3) is 8.61. The van der Waals surface area contributed by atoms with Crippen molar-refractivity contribution < 1.29 is 4.79 Å². The first-order valence-corrected chi connectivity index (χ1v) is 17.0. The van der Waals surface area contributed by atoms with E-state index in [-0.39, 0.29) is 11.9 Å². The van der Waals surface area contributed by atoms with Gasteiger partial charge in [-0.2, -0.15) is 15.0 Å². The number of anilines is 4. The third-order valence-electron chi connectivity index (χ3n) is 9.10. The average molecular weight is 672 g/mol. The zero-order chi connectivity index (χ0) is 35.2. The lowest BCUT2D eigenvalue weighted by molar-refractivity contribution is -0.129. The highest BCUT2D eigenvalue weighted by Crippen LogP contribution is 2.30. The standard InChI is InChI=1S/C38H45N11O/c1-25-18-29-22-32(41-33(29)19-26(25)2)24-48(6)38-45-36(42-31-9-7-8-28(20-31)23-49-16-14-40-15-17-49)44-37(46-38)43-34(35(50)47(4)5)21-27-10-12-30(39-3)13-11-27/h7-13,18-20,34,40H,14-17,21-24H2,1-2,4-6H3,(H2,42,43,44,45,46)/t34-/m0/s1. The summed E-state index contributed by atoms with van der Waals surface area (Å²) in [5, 5.41) is 10.1. The van der Waals surface area contributed by atoms with Crippen molar-refractivity contribution in [3.8, 4) is 0 Å². The first kappa shape index (κ1) is 34.5. The van der Waals surface area contributed by atoms with E-state index in [0.29, 0.717) is 30.5 Å².